The number of rotatable bonds is 1. The first kappa shape index (κ1) is 12.1. The van der Waals surface area contributed by atoms with Gasteiger partial charge in [-0.3, -0.25) is 0 Å². The van der Waals surface area contributed by atoms with Gasteiger partial charge >= 0.3 is 0 Å². The summed E-state index contributed by atoms with van der Waals surface area (Å²) in [7, 11) is 0. The number of aromatic nitrogens is 4. The van der Waals surface area contributed by atoms with Crippen molar-refractivity contribution in [3.63, 3.8) is 0 Å². The SMILES string of the molecule is Brc1ccc2[nH]c(-c3nc4cc(Br)ccc4[nH]3)nc2c1. The highest BCUT2D eigenvalue weighted by molar-refractivity contribution is 9.10. The van der Waals surface area contributed by atoms with Gasteiger partial charge < -0.3 is 9.97 Å². The fourth-order valence-electron chi connectivity index (χ4n) is 2.18. The maximum atomic E-state index is 4.57. The minimum Gasteiger partial charge on any atom is -0.335 e. The van der Waals surface area contributed by atoms with Gasteiger partial charge in [0.15, 0.2) is 11.6 Å². The normalized spacial score (nSPS) is 11.5. The molecule has 0 radical (unpaired) electrons. The molecule has 4 aromatic rings. The molecular formula is C14H8Br2N4. The van der Waals surface area contributed by atoms with Gasteiger partial charge in [0.25, 0.3) is 0 Å². The van der Waals surface area contributed by atoms with Crippen molar-refractivity contribution in [3.8, 4) is 11.6 Å². The maximum Gasteiger partial charge on any atom is 0.174 e. The molecule has 0 aliphatic heterocycles. The van der Waals surface area contributed by atoms with Crippen molar-refractivity contribution >= 4 is 53.9 Å². The molecule has 20 heavy (non-hydrogen) atoms. The average molecular weight is 392 g/mol. The molecule has 2 N–H and O–H groups in total. The third-order valence-corrected chi connectivity index (χ3v) is 4.10. The van der Waals surface area contributed by atoms with E-state index in [1.165, 1.54) is 0 Å². The van der Waals surface area contributed by atoms with Gasteiger partial charge in [0.05, 0.1) is 22.1 Å². The van der Waals surface area contributed by atoms with Crippen LogP contribution < -0.4 is 0 Å². The Morgan fingerprint density at radius 3 is 1.60 bits per heavy atom. The zero-order valence-electron chi connectivity index (χ0n) is 10.1. The molecule has 0 unspecified atom stereocenters. The Hall–Kier alpha value is -1.66. The number of H-pyrrole nitrogens is 2. The Bertz CT molecular complexity index is 861. The fraction of sp³-hybridized carbons (Fsp3) is 0. The quantitative estimate of drug-likeness (QED) is 0.496. The Balaban J connectivity index is 1.91. The molecule has 0 amide bonds. The molecule has 0 saturated carbocycles. The summed E-state index contributed by atoms with van der Waals surface area (Å²) in [6, 6.07) is 11.9. The first-order valence-corrected chi connectivity index (χ1v) is 7.58. The molecule has 6 heteroatoms. The molecule has 0 aliphatic carbocycles. The zero-order valence-corrected chi connectivity index (χ0v) is 13.3. The summed E-state index contributed by atoms with van der Waals surface area (Å²) in [4.78, 5) is 15.7. The maximum absolute atomic E-state index is 4.57. The van der Waals surface area contributed by atoms with Crippen molar-refractivity contribution in [2.75, 3.05) is 0 Å². The summed E-state index contributed by atoms with van der Waals surface area (Å²) in [5.41, 5.74) is 3.81. The number of halogens is 2. The molecule has 2 heterocycles. The Morgan fingerprint density at radius 2 is 1.15 bits per heavy atom. The molecule has 0 spiro atoms. The van der Waals surface area contributed by atoms with E-state index in [0.717, 1.165) is 42.7 Å². The Morgan fingerprint density at radius 1 is 0.700 bits per heavy atom. The van der Waals surface area contributed by atoms with Crippen LogP contribution in [0, 0.1) is 0 Å². The van der Waals surface area contributed by atoms with Crippen molar-refractivity contribution in [1.82, 2.24) is 19.9 Å². The minimum absolute atomic E-state index is 0.741. The average Bonchev–Trinajstić information content (AvgIpc) is 3.00. The van der Waals surface area contributed by atoms with Crippen LogP contribution in [0.3, 0.4) is 0 Å². The van der Waals surface area contributed by atoms with E-state index in [1.807, 2.05) is 36.4 Å². The molecule has 0 aliphatic rings. The first-order chi connectivity index (χ1) is 9.69. The van der Waals surface area contributed by atoms with E-state index in [4.69, 9.17) is 0 Å². The third kappa shape index (κ3) is 1.96. The van der Waals surface area contributed by atoms with Crippen LogP contribution in [0.4, 0.5) is 0 Å². The second-order valence-corrected chi connectivity index (χ2v) is 6.33. The summed E-state index contributed by atoms with van der Waals surface area (Å²) < 4.78 is 2.02. The van der Waals surface area contributed by atoms with E-state index in [9.17, 15) is 0 Å². The number of benzene rings is 2. The van der Waals surface area contributed by atoms with Crippen molar-refractivity contribution < 1.29 is 0 Å². The number of nitrogens with zero attached hydrogens (tertiary/aromatic N) is 2. The smallest absolute Gasteiger partial charge is 0.174 e. The number of fused-ring (bicyclic) bond motifs is 2. The van der Waals surface area contributed by atoms with E-state index in [2.05, 4.69) is 51.8 Å². The molecule has 2 aromatic heterocycles. The number of imidazole rings is 2. The molecule has 0 atom stereocenters. The van der Waals surface area contributed by atoms with E-state index in [0.29, 0.717) is 0 Å². The highest BCUT2D eigenvalue weighted by atomic mass is 79.9. The Kier molecular flexibility index (Phi) is 2.68. The summed E-state index contributed by atoms with van der Waals surface area (Å²) in [6.45, 7) is 0. The number of aromatic amines is 2. The van der Waals surface area contributed by atoms with Gasteiger partial charge in [0, 0.05) is 8.95 Å². The van der Waals surface area contributed by atoms with Gasteiger partial charge in [0.2, 0.25) is 0 Å². The molecule has 2 aromatic carbocycles. The summed E-state index contributed by atoms with van der Waals surface area (Å²) in [5, 5.41) is 0. The van der Waals surface area contributed by atoms with Gasteiger partial charge in [-0.15, -0.1) is 0 Å². The molecule has 98 valence electrons. The largest absolute Gasteiger partial charge is 0.335 e. The minimum atomic E-state index is 0.741. The van der Waals surface area contributed by atoms with Crippen LogP contribution in [0.5, 0.6) is 0 Å². The molecular weight excluding hydrogens is 384 g/mol. The third-order valence-electron chi connectivity index (χ3n) is 3.11. The zero-order chi connectivity index (χ0) is 13.7. The van der Waals surface area contributed by atoms with Crippen LogP contribution >= 0.6 is 31.9 Å². The van der Waals surface area contributed by atoms with Crippen LogP contribution in [0.25, 0.3) is 33.7 Å². The van der Waals surface area contributed by atoms with Crippen LogP contribution in [-0.2, 0) is 0 Å². The van der Waals surface area contributed by atoms with Crippen LogP contribution in [0.2, 0.25) is 0 Å². The van der Waals surface area contributed by atoms with E-state index in [1.54, 1.807) is 0 Å². The Labute approximate surface area is 130 Å². The van der Waals surface area contributed by atoms with E-state index < -0.39 is 0 Å². The van der Waals surface area contributed by atoms with Gasteiger partial charge in [-0.25, -0.2) is 9.97 Å². The summed E-state index contributed by atoms with van der Waals surface area (Å²) >= 11 is 6.90. The fourth-order valence-corrected chi connectivity index (χ4v) is 2.88. The summed E-state index contributed by atoms with van der Waals surface area (Å²) in [5.74, 6) is 1.48. The molecule has 0 bridgehead atoms. The van der Waals surface area contributed by atoms with Crippen LogP contribution in [0.15, 0.2) is 45.3 Å². The van der Waals surface area contributed by atoms with Crippen molar-refractivity contribution in [2.45, 2.75) is 0 Å². The first-order valence-electron chi connectivity index (χ1n) is 6.00. The topological polar surface area (TPSA) is 57.4 Å². The molecule has 4 nitrogen and oxygen atoms in total. The predicted octanol–water partition coefficient (Wildman–Crippen LogP) is 4.63. The summed E-state index contributed by atoms with van der Waals surface area (Å²) in [6.07, 6.45) is 0. The highest BCUT2D eigenvalue weighted by Gasteiger charge is 2.10. The second-order valence-electron chi connectivity index (χ2n) is 4.49. The lowest BCUT2D eigenvalue weighted by molar-refractivity contribution is 1.22. The van der Waals surface area contributed by atoms with Crippen molar-refractivity contribution in [2.24, 2.45) is 0 Å². The van der Waals surface area contributed by atoms with Crippen LogP contribution in [0.1, 0.15) is 0 Å². The standard InChI is InChI=1S/C14H8Br2N4/c15-7-1-3-9-11(5-7)19-13(17-9)14-18-10-4-2-8(16)6-12(10)20-14/h1-6H,(H,17,19)(H,18,20). The van der Waals surface area contributed by atoms with E-state index in [-0.39, 0.29) is 0 Å². The van der Waals surface area contributed by atoms with Gasteiger partial charge in [-0.1, -0.05) is 31.9 Å². The number of hydrogen-bond acceptors (Lipinski definition) is 2. The van der Waals surface area contributed by atoms with Crippen molar-refractivity contribution in [3.05, 3.63) is 45.3 Å². The lowest BCUT2D eigenvalue weighted by atomic mass is 10.3. The van der Waals surface area contributed by atoms with Gasteiger partial charge in [-0.05, 0) is 36.4 Å². The lowest BCUT2D eigenvalue weighted by Gasteiger charge is -1.87. The predicted molar refractivity (Wildman–Crippen MR) is 86.6 cm³/mol. The number of hydrogen-bond donors (Lipinski definition) is 2. The van der Waals surface area contributed by atoms with Crippen molar-refractivity contribution in [1.29, 1.82) is 0 Å². The number of nitrogens with one attached hydrogen (secondary N) is 2. The van der Waals surface area contributed by atoms with Gasteiger partial charge in [-0.2, -0.15) is 0 Å². The molecule has 0 fully saturated rings. The molecule has 0 saturated heterocycles. The highest BCUT2D eigenvalue weighted by Crippen LogP contribution is 2.24. The second kappa shape index (κ2) is 4.43. The molecule has 4 rings (SSSR count). The van der Waals surface area contributed by atoms with E-state index >= 15 is 0 Å². The lowest BCUT2D eigenvalue weighted by Crippen LogP contribution is -1.81. The monoisotopic (exact) mass is 390 g/mol. The van der Waals surface area contributed by atoms with Gasteiger partial charge in [0.1, 0.15) is 0 Å². The van der Waals surface area contributed by atoms with Crippen LogP contribution in [-0.4, -0.2) is 19.9 Å².